The molecule has 156 valence electrons. The van der Waals surface area contributed by atoms with E-state index < -0.39 is 11.9 Å². The molecule has 1 N–H and O–H groups in total. The molecule has 0 saturated heterocycles. The molecule has 4 nitrogen and oxygen atoms in total. The van der Waals surface area contributed by atoms with Gasteiger partial charge in [-0.2, -0.15) is 0 Å². The molecule has 0 aliphatic heterocycles. The Morgan fingerprint density at radius 1 is 0.833 bits per heavy atom. The standard InChI is InChI=1S/C26H30N2O2/c1-3-5-6-8-19-17-27-25(28-18-19)23-15-11-21(12-16-23)20-9-13-22(14-10-20)24(7-4-2)26(29)30/h9-18,24H,3-8H2,1-2H3,(H,29,30). The monoisotopic (exact) mass is 402 g/mol. The molecule has 3 rings (SSSR count). The minimum absolute atomic E-state index is 0.437. The number of aliphatic carboxylic acids is 1. The van der Waals surface area contributed by atoms with Crippen molar-refractivity contribution in [2.75, 3.05) is 0 Å². The third kappa shape index (κ3) is 5.53. The lowest BCUT2D eigenvalue weighted by Crippen LogP contribution is -2.11. The second-order valence-corrected chi connectivity index (χ2v) is 7.75. The number of carbonyl (C=O) groups is 1. The van der Waals surface area contributed by atoms with Crippen molar-refractivity contribution in [3.8, 4) is 22.5 Å². The minimum Gasteiger partial charge on any atom is -0.481 e. The highest BCUT2D eigenvalue weighted by Gasteiger charge is 2.18. The van der Waals surface area contributed by atoms with E-state index in [0.29, 0.717) is 6.42 Å². The second-order valence-electron chi connectivity index (χ2n) is 7.75. The lowest BCUT2D eigenvalue weighted by molar-refractivity contribution is -0.139. The molecule has 0 fully saturated rings. The first-order chi connectivity index (χ1) is 14.6. The first kappa shape index (κ1) is 21.7. The van der Waals surface area contributed by atoms with Crippen molar-refractivity contribution in [1.82, 2.24) is 9.97 Å². The van der Waals surface area contributed by atoms with Crippen LogP contribution >= 0.6 is 0 Å². The third-order valence-electron chi connectivity index (χ3n) is 5.44. The topological polar surface area (TPSA) is 63.1 Å². The van der Waals surface area contributed by atoms with E-state index >= 15 is 0 Å². The minimum atomic E-state index is -0.759. The normalized spacial score (nSPS) is 11.9. The second kappa shape index (κ2) is 10.7. The van der Waals surface area contributed by atoms with Crippen LogP contribution in [-0.2, 0) is 11.2 Å². The molecule has 1 unspecified atom stereocenters. The lowest BCUT2D eigenvalue weighted by atomic mass is 9.93. The SMILES string of the molecule is CCCCCc1cnc(-c2ccc(-c3ccc(C(CCC)C(=O)O)cc3)cc2)nc1. The van der Waals surface area contributed by atoms with Gasteiger partial charge in [-0.3, -0.25) is 4.79 Å². The number of aromatic nitrogens is 2. The highest BCUT2D eigenvalue weighted by molar-refractivity contribution is 5.76. The number of carboxylic acids is 1. The summed E-state index contributed by atoms with van der Waals surface area (Å²) < 4.78 is 0. The van der Waals surface area contributed by atoms with Crippen molar-refractivity contribution in [1.29, 1.82) is 0 Å². The molecule has 1 aromatic heterocycles. The summed E-state index contributed by atoms with van der Waals surface area (Å²) in [5.41, 5.74) is 5.19. The molecule has 0 amide bonds. The van der Waals surface area contributed by atoms with Crippen LogP contribution in [0.25, 0.3) is 22.5 Å². The Bertz CT molecular complexity index is 932. The van der Waals surface area contributed by atoms with Gasteiger partial charge < -0.3 is 5.11 Å². The van der Waals surface area contributed by atoms with E-state index in [4.69, 9.17) is 0 Å². The van der Waals surface area contributed by atoms with Gasteiger partial charge >= 0.3 is 5.97 Å². The summed E-state index contributed by atoms with van der Waals surface area (Å²) in [7, 11) is 0. The van der Waals surface area contributed by atoms with Crippen LogP contribution < -0.4 is 0 Å². The molecule has 4 heteroatoms. The van der Waals surface area contributed by atoms with Gasteiger partial charge in [-0.25, -0.2) is 9.97 Å². The molecule has 3 aromatic rings. The molecule has 1 atom stereocenters. The van der Waals surface area contributed by atoms with Gasteiger partial charge in [-0.05, 0) is 41.5 Å². The van der Waals surface area contributed by atoms with E-state index in [-0.39, 0.29) is 0 Å². The highest BCUT2D eigenvalue weighted by Crippen LogP contribution is 2.27. The molecule has 30 heavy (non-hydrogen) atoms. The maximum absolute atomic E-state index is 11.5. The van der Waals surface area contributed by atoms with Gasteiger partial charge in [0.2, 0.25) is 0 Å². The molecule has 0 radical (unpaired) electrons. The van der Waals surface area contributed by atoms with Gasteiger partial charge in [-0.15, -0.1) is 0 Å². The van der Waals surface area contributed by atoms with Crippen molar-refractivity contribution in [3.05, 3.63) is 72.1 Å². The van der Waals surface area contributed by atoms with Crippen molar-refractivity contribution in [2.24, 2.45) is 0 Å². The van der Waals surface area contributed by atoms with Gasteiger partial charge in [0.05, 0.1) is 5.92 Å². The van der Waals surface area contributed by atoms with Crippen LogP contribution in [0.3, 0.4) is 0 Å². The molecule has 0 aliphatic carbocycles. The van der Waals surface area contributed by atoms with Crippen LogP contribution in [-0.4, -0.2) is 21.0 Å². The van der Waals surface area contributed by atoms with Gasteiger partial charge in [-0.1, -0.05) is 81.6 Å². The zero-order chi connectivity index (χ0) is 21.3. The predicted molar refractivity (Wildman–Crippen MR) is 121 cm³/mol. The summed E-state index contributed by atoms with van der Waals surface area (Å²) in [6.45, 7) is 4.21. The van der Waals surface area contributed by atoms with E-state index in [1.807, 2.05) is 55.7 Å². The Hall–Kier alpha value is -3.01. The summed E-state index contributed by atoms with van der Waals surface area (Å²) >= 11 is 0. The fraction of sp³-hybridized carbons (Fsp3) is 0.346. The van der Waals surface area contributed by atoms with Crippen LogP contribution in [0.1, 0.15) is 63.0 Å². The summed E-state index contributed by atoms with van der Waals surface area (Å²) in [6.07, 6.45) is 10.0. The number of aryl methyl sites for hydroxylation is 1. The van der Waals surface area contributed by atoms with E-state index in [9.17, 15) is 9.90 Å². The Morgan fingerprint density at radius 3 is 1.93 bits per heavy atom. The van der Waals surface area contributed by atoms with Gasteiger partial charge in [0, 0.05) is 18.0 Å². The maximum atomic E-state index is 11.5. The Balaban J connectivity index is 1.70. The van der Waals surface area contributed by atoms with Gasteiger partial charge in [0.15, 0.2) is 5.82 Å². The fourth-order valence-electron chi connectivity index (χ4n) is 3.65. The molecular formula is C26H30N2O2. The van der Waals surface area contributed by atoms with E-state index in [1.54, 1.807) is 0 Å². The quantitative estimate of drug-likeness (QED) is 0.393. The van der Waals surface area contributed by atoms with Crippen LogP contribution in [0.15, 0.2) is 60.9 Å². The van der Waals surface area contributed by atoms with Crippen LogP contribution in [0.2, 0.25) is 0 Å². The Morgan fingerprint density at radius 2 is 1.40 bits per heavy atom. The van der Waals surface area contributed by atoms with Crippen LogP contribution in [0.5, 0.6) is 0 Å². The Labute approximate surface area is 179 Å². The van der Waals surface area contributed by atoms with Crippen molar-refractivity contribution in [2.45, 2.75) is 58.3 Å². The predicted octanol–water partition coefficient (Wildman–Crippen LogP) is 6.51. The van der Waals surface area contributed by atoms with Crippen molar-refractivity contribution < 1.29 is 9.90 Å². The van der Waals surface area contributed by atoms with E-state index in [0.717, 1.165) is 40.9 Å². The van der Waals surface area contributed by atoms with E-state index in [1.165, 1.54) is 24.8 Å². The maximum Gasteiger partial charge on any atom is 0.310 e. The number of hydrogen-bond donors (Lipinski definition) is 1. The summed E-state index contributed by atoms with van der Waals surface area (Å²) in [6, 6.07) is 16.0. The summed E-state index contributed by atoms with van der Waals surface area (Å²) in [5.74, 6) is -0.459. The third-order valence-corrected chi connectivity index (χ3v) is 5.44. The summed E-state index contributed by atoms with van der Waals surface area (Å²) in [5, 5.41) is 9.44. The molecule has 0 bridgehead atoms. The van der Waals surface area contributed by atoms with Crippen LogP contribution in [0.4, 0.5) is 0 Å². The fourth-order valence-corrected chi connectivity index (χ4v) is 3.65. The van der Waals surface area contributed by atoms with Crippen molar-refractivity contribution in [3.63, 3.8) is 0 Å². The average Bonchev–Trinajstić information content (AvgIpc) is 2.78. The largest absolute Gasteiger partial charge is 0.481 e. The number of nitrogens with zero attached hydrogens (tertiary/aromatic N) is 2. The van der Waals surface area contributed by atoms with Crippen LogP contribution in [0, 0.1) is 0 Å². The smallest absolute Gasteiger partial charge is 0.310 e. The average molecular weight is 403 g/mol. The first-order valence-corrected chi connectivity index (χ1v) is 10.9. The molecular weight excluding hydrogens is 372 g/mol. The zero-order valence-electron chi connectivity index (χ0n) is 17.8. The highest BCUT2D eigenvalue weighted by atomic mass is 16.4. The number of unbranched alkanes of at least 4 members (excludes halogenated alkanes) is 2. The van der Waals surface area contributed by atoms with Gasteiger partial charge in [0.1, 0.15) is 0 Å². The van der Waals surface area contributed by atoms with E-state index in [2.05, 4.69) is 29.0 Å². The number of benzene rings is 2. The molecule has 0 aliphatic rings. The molecule has 1 heterocycles. The number of carboxylic acid groups (broad SMARTS) is 1. The molecule has 2 aromatic carbocycles. The van der Waals surface area contributed by atoms with Gasteiger partial charge in [0.25, 0.3) is 0 Å². The number of hydrogen-bond acceptors (Lipinski definition) is 3. The lowest BCUT2D eigenvalue weighted by Gasteiger charge is -2.12. The molecule has 0 spiro atoms. The molecule has 0 saturated carbocycles. The first-order valence-electron chi connectivity index (χ1n) is 10.9. The van der Waals surface area contributed by atoms with Crippen molar-refractivity contribution >= 4 is 5.97 Å². The zero-order valence-corrected chi connectivity index (χ0v) is 17.8. The Kier molecular flexibility index (Phi) is 7.72. The number of rotatable bonds is 10. The summed E-state index contributed by atoms with van der Waals surface area (Å²) in [4.78, 5) is 20.5.